The van der Waals surface area contributed by atoms with Gasteiger partial charge in [-0.2, -0.15) is 0 Å². The molecule has 0 aliphatic carbocycles. The molecule has 2 aromatic heterocycles. The Morgan fingerprint density at radius 3 is 1.30 bits per heavy atom. The highest BCUT2D eigenvalue weighted by atomic mass is 16.3. The predicted octanol–water partition coefficient (Wildman–Crippen LogP) is 4.64. The molecule has 6 aromatic rings. The number of ketones is 2. The van der Waals surface area contributed by atoms with Crippen LogP contribution in [0.25, 0.3) is 54.6 Å². The van der Waals surface area contributed by atoms with Crippen LogP contribution in [0.3, 0.4) is 0 Å². The van der Waals surface area contributed by atoms with Gasteiger partial charge in [-0.1, -0.05) is 0 Å². The summed E-state index contributed by atoms with van der Waals surface area (Å²) >= 11 is 0. The molecule has 0 N–H and O–H groups in total. The van der Waals surface area contributed by atoms with Crippen molar-refractivity contribution in [3.05, 3.63) is 68.0 Å². The first-order valence-electron chi connectivity index (χ1n) is 9.35. The number of rotatable bonds is 2. The first kappa shape index (κ1) is 16.9. The average molecular weight is 396 g/mol. The first-order chi connectivity index (χ1) is 14.3. The van der Waals surface area contributed by atoms with Crippen LogP contribution in [0.5, 0.6) is 0 Å². The Morgan fingerprint density at radius 1 is 0.567 bits per heavy atom. The van der Waals surface area contributed by atoms with Crippen molar-refractivity contribution in [1.29, 1.82) is 0 Å². The summed E-state index contributed by atoms with van der Waals surface area (Å²) in [6.07, 6.45) is 0. The predicted molar refractivity (Wildman–Crippen MR) is 113 cm³/mol. The molecule has 0 aliphatic heterocycles. The van der Waals surface area contributed by atoms with Crippen molar-refractivity contribution < 1.29 is 18.4 Å². The minimum Gasteiger partial charge on any atom is -0.456 e. The fraction of sp³-hybridized carbons (Fsp3) is 0.0833. The molecular formula is C24H12O6. The van der Waals surface area contributed by atoms with Crippen LogP contribution >= 0.6 is 0 Å². The Kier molecular flexibility index (Phi) is 2.98. The van der Waals surface area contributed by atoms with Crippen molar-refractivity contribution in [2.75, 3.05) is 0 Å². The van der Waals surface area contributed by atoms with Crippen molar-refractivity contribution in [2.24, 2.45) is 0 Å². The number of hydrogen-bond donors (Lipinski definition) is 0. The number of hydrogen-bond acceptors (Lipinski definition) is 6. The Balaban J connectivity index is 1.99. The SMILES string of the molecule is CC(=O)c1cc2oc3cc(=O)c4cc(C(C)=O)cc5oc6cc(=O)c(c1)c2c6c3c54. The molecule has 144 valence electrons. The van der Waals surface area contributed by atoms with Gasteiger partial charge in [0.2, 0.25) is 0 Å². The monoisotopic (exact) mass is 396 g/mol. The molecule has 6 heteroatoms. The van der Waals surface area contributed by atoms with E-state index >= 15 is 0 Å². The maximum atomic E-state index is 12.8. The Hall–Kier alpha value is -4.06. The zero-order chi connectivity index (χ0) is 20.9. The summed E-state index contributed by atoms with van der Waals surface area (Å²) in [7, 11) is 0. The van der Waals surface area contributed by atoms with E-state index < -0.39 is 0 Å². The Labute approximate surface area is 167 Å². The number of carbonyl (C=O) groups excluding carboxylic acids is 2. The van der Waals surface area contributed by atoms with Crippen LogP contribution in [0.4, 0.5) is 0 Å². The molecule has 30 heavy (non-hydrogen) atoms. The van der Waals surface area contributed by atoms with E-state index in [-0.39, 0.29) is 22.4 Å². The quantitative estimate of drug-likeness (QED) is 0.240. The van der Waals surface area contributed by atoms with E-state index in [4.69, 9.17) is 8.83 Å². The molecule has 0 amide bonds. The van der Waals surface area contributed by atoms with E-state index in [0.717, 1.165) is 0 Å². The summed E-state index contributed by atoms with van der Waals surface area (Å²) in [5.74, 6) is -0.393. The minimum absolute atomic E-state index is 0.196. The third-order valence-electron chi connectivity index (χ3n) is 5.76. The Bertz CT molecular complexity index is 1700. The second-order valence-corrected chi connectivity index (χ2v) is 7.61. The van der Waals surface area contributed by atoms with E-state index in [1.807, 2.05) is 0 Å². The second kappa shape index (κ2) is 5.30. The van der Waals surface area contributed by atoms with Crippen LogP contribution in [-0.2, 0) is 0 Å². The van der Waals surface area contributed by atoms with Gasteiger partial charge in [0, 0.05) is 55.6 Å². The van der Waals surface area contributed by atoms with Crippen molar-refractivity contribution in [3.63, 3.8) is 0 Å². The normalized spacial score (nSPS) is 12.2. The van der Waals surface area contributed by atoms with E-state index in [0.29, 0.717) is 65.8 Å². The lowest BCUT2D eigenvalue weighted by molar-refractivity contribution is 0.100. The largest absolute Gasteiger partial charge is 0.456 e. The zero-order valence-electron chi connectivity index (χ0n) is 15.9. The van der Waals surface area contributed by atoms with Crippen LogP contribution in [0.2, 0.25) is 0 Å². The van der Waals surface area contributed by atoms with Crippen molar-refractivity contribution in [2.45, 2.75) is 13.8 Å². The molecule has 0 unspecified atom stereocenters. The van der Waals surface area contributed by atoms with Crippen molar-refractivity contribution in [1.82, 2.24) is 0 Å². The molecule has 6 rings (SSSR count). The lowest BCUT2D eigenvalue weighted by Crippen LogP contribution is -2.07. The molecule has 4 aromatic carbocycles. The van der Waals surface area contributed by atoms with Crippen molar-refractivity contribution in [3.8, 4) is 0 Å². The molecule has 0 fully saturated rings. The van der Waals surface area contributed by atoms with Crippen LogP contribution in [0.1, 0.15) is 34.6 Å². The lowest BCUT2D eigenvalue weighted by atomic mass is 9.93. The summed E-state index contributed by atoms with van der Waals surface area (Å²) in [5.41, 5.74) is 1.44. The van der Waals surface area contributed by atoms with E-state index in [1.54, 1.807) is 24.3 Å². The molecule has 0 saturated carbocycles. The Morgan fingerprint density at radius 2 is 0.933 bits per heavy atom. The molecule has 0 atom stereocenters. The van der Waals surface area contributed by atoms with Gasteiger partial charge in [0.1, 0.15) is 22.3 Å². The smallest absolute Gasteiger partial charge is 0.190 e. The molecule has 0 aliphatic rings. The lowest BCUT2D eigenvalue weighted by Gasteiger charge is -2.15. The van der Waals surface area contributed by atoms with Gasteiger partial charge in [-0.25, -0.2) is 0 Å². The topological polar surface area (TPSA) is 94.6 Å². The summed E-state index contributed by atoms with van der Waals surface area (Å²) in [4.78, 5) is 49.6. The van der Waals surface area contributed by atoms with Crippen LogP contribution in [-0.4, -0.2) is 11.6 Å². The zero-order valence-corrected chi connectivity index (χ0v) is 15.9. The first-order valence-corrected chi connectivity index (χ1v) is 9.35. The fourth-order valence-electron chi connectivity index (χ4n) is 4.38. The van der Waals surface area contributed by atoms with Crippen LogP contribution in [0, 0.1) is 0 Å². The van der Waals surface area contributed by atoms with Crippen molar-refractivity contribution >= 4 is 66.2 Å². The van der Waals surface area contributed by atoms with E-state index in [2.05, 4.69) is 0 Å². The van der Waals surface area contributed by atoms with E-state index in [1.165, 1.54) is 26.0 Å². The summed E-state index contributed by atoms with van der Waals surface area (Å²) < 4.78 is 12.1. The molecule has 0 bridgehead atoms. The molecule has 0 spiro atoms. The highest BCUT2D eigenvalue weighted by Gasteiger charge is 2.23. The van der Waals surface area contributed by atoms with Gasteiger partial charge in [-0.05, 0) is 38.1 Å². The minimum atomic E-state index is -0.303. The van der Waals surface area contributed by atoms with Gasteiger partial charge in [-0.3, -0.25) is 19.2 Å². The third-order valence-corrected chi connectivity index (χ3v) is 5.76. The van der Waals surface area contributed by atoms with Gasteiger partial charge in [0.25, 0.3) is 0 Å². The van der Waals surface area contributed by atoms with Gasteiger partial charge in [-0.15, -0.1) is 0 Å². The maximum absolute atomic E-state index is 12.8. The number of Topliss-reactive ketones (excluding diaryl/α,β-unsaturated/α-hetero) is 2. The van der Waals surface area contributed by atoms with Gasteiger partial charge in [0.15, 0.2) is 22.4 Å². The average Bonchev–Trinajstić information content (AvgIpc) is 2.70. The highest BCUT2D eigenvalue weighted by molar-refractivity contribution is 6.32. The van der Waals surface area contributed by atoms with E-state index in [9.17, 15) is 19.2 Å². The number of benzene rings is 4. The standard InChI is InChI=1S/C24H12O6/c1-9(25)11-3-13-15(27)7-20-23-21(13)17(5-11)29-19-8-16(28)14-4-12(10(2)26)6-18(30-20)22(14)24(19)23/h3-8H,1-2H3. The summed E-state index contributed by atoms with van der Waals surface area (Å²) in [6, 6.07) is 9.03. The summed E-state index contributed by atoms with van der Waals surface area (Å²) in [5, 5.41) is 3.13. The molecule has 0 radical (unpaired) electrons. The van der Waals surface area contributed by atoms with Crippen LogP contribution in [0.15, 0.2) is 54.8 Å². The third kappa shape index (κ3) is 1.97. The van der Waals surface area contributed by atoms with Crippen LogP contribution < -0.4 is 10.9 Å². The van der Waals surface area contributed by atoms with Gasteiger partial charge in [0.05, 0.1) is 0 Å². The van der Waals surface area contributed by atoms with Gasteiger partial charge >= 0.3 is 0 Å². The second-order valence-electron chi connectivity index (χ2n) is 7.61. The molecular weight excluding hydrogens is 384 g/mol. The molecule has 2 heterocycles. The fourth-order valence-corrected chi connectivity index (χ4v) is 4.38. The number of carbonyl (C=O) groups is 2. The highest BCUT2D eigenvalue weighted by Crippen LogP contribution is 2.42. The molecule has 6 nitrogen and oxygen atoms in total. The maximum Gasteiger partial charge on any atom is 0.190 e. The van der Waals surface area contributed by atoms with Gasteiger partial charge < -0.3 is 8.83 Å². The summed E-state index contributed by atoms with van der Waals surface area (Å²) in [6.45, 7) is 2.83. The molecule has 0 saturated heterocycles.